The van der Waals surface area contributed by atoms with Crippen molar-refractivity contribution in [1.82, 2.24) is 15.5 Å². The fourth-order valence-electron chi connectivity index (χ4n) is 2.44. The molecule has 1 saturated carbocycles. The smallest absolute Gasteiger partial charge is 0.258 e. The Morgan fingerprint density at radius 1 is 1.04 bits per heavy atom. The highest BCUT2D eigenvalue weighted by atomic mass is 16.5. The molecule has 2 aromatic carbocycles. The largest absolute Gasteiger partial charge is 0.483 e. The maximum absolute atomic E-state index is 11.8. The molecule has 0 radical (unpaired) electrons. The summed E-state index contributed by atoms with van der Waals surface area (Å²) in [6.45, 7) is -0.0345. The molecular formula is C19H17N3O3. The molecule has 0 atom stereocenters. The van der Waals surface area contributed by atoms with Gasteiger partial charge in [-0.2, -0.15) is 0 Å². The first kappa shape index (κ1) is 15.4. The number of carbonyl (C=O) groups excluding carboxylic acids is 1. The molecule has 6 nitrogen and oxygen atoms in total. The number of hydrogen-bond acceptors (Lipinski definition) is 5. The lowest BCUT2D eigenvalue weighted by Crippen LogP contribution is -2.30. The number of hydrogen-bond donors (Lipinski definition) is 1. The first-order valence-corrected chi connectivity index (χ1v) is 8.20. The summed E-state index contributed by atoms with van der Waals surface area (Å²) in [6.07, 6.45) is 2.10. The van der Waals surface area contributed by atoms with E-state index in [9.17, 15) is 4.79 Å². The zero-order valence-corrected chi connectivity index (χ0v) is 13.5. The van der Waals surface area contributed by atoms with Gasteiger partial charge >= 0.3 is 0 Å². The van der Waals surface area contributed by atoms with Crippen LogP contribution in [0.2, 0.25) is 0 Å². The van der Waals surface area contributed by atoms with Crippen LogP contribution < -0.4 is 10.1 Å². The van der Waals surface area contributed by atoms with E-state index < -0.39 is 0 Å². The highest BCUT2D eigenvalue weighted by Gasteiger charge is 2.23. The Morgan fingerprint density at radius 3 is 2.56 bits per heavy atom. The number of nitrogens with one attached hydrogen (secondary N) is 1. The second kappa shape index (κ2) is 6.76. The van der Waals surface area contributed by atoms with E-state index in [1.54, 1.807) is 6.07 Å². The Labute approximate surface area is 144 Å². The van der Waals surface area contributed by atoms with Crippen LogP contribution in [0, 0.1) is 0 Å². The predicted octanol–water partition coefficient (Wildman–Crippen LogP) is 3.06. The number of amides is 1. The quantitative estimate of drug-likeness (QED) is 0.749. The van der Waals surface area contributed by atoms with E-state index in [1.807, 2.05) is 48.5 Å². The predicted molar refractivity (Wildman–Crippen MR) is 91.8 cm³/mol. The third kappa shape index (κ3) is 3.68. The molecule has 25 heavy (non-hydrogen) atoms. The van der Waals surface area contributed by atoms with Gasteiger partial charge in [-0.25, -0.2) is 0 Å². The van der Waals surface area contributed by atoms with Crippen LogP contribution in [0.1, 0.15) is 12.8 Å². The van der Waals surface area contributed by atoms with Crippen molar-refractivity contribution in [1.29, 1.82) is 0 Å². The van der Waals surface area contributed by atoms with Gasteiger partial charge in [0.15, 0.2) is 6.61 Å². The number of rotatable bonds is 6. The van der Waals surface area contributed by atoms with E-state index in [2.05, 4.69) is 15.5 Å². The monoisotopic (exact) mass is 335 g/mol. The van der Waals surface area contributed by atoms with Crippen molar-refractivity contribution in [3.05, 3.63) is 54.6 Å². The van der Waals surface area contributed by atoms with Gasteiger partial charge in [-0.3, -0.25) is 4.79 Å². The Kier molecular flexibility index (Phi) is 4.16. The Hall–Kier alpha value is -3.15. The van der Waals surface area contributed by atoms with Gasteiger partial charge in [0.05, 0.1) is 5.56 Å². The zero-order chi connectivity index (χ0) is 17.1. The highest BCUT2D eigenvalue weighted by Crippen LogP contribution is 2.30. The van der Waals surface area contributed by atoms with Crippen LogP contribution in [-0.4, -0.2) is 28.8 Å². The van der Waals surface area contributed by atoms with Crippen molar-refractivity contribution in [2.75, 3.05) is 6.61 Å². The van der Waals surface area contributed by atoms with Crippen LogP contribution in [0.3, 0.4) is 0 Å². The highest BCUT2D eigenvalue weighted by molar-refractivity contribution is 5.78. The van der Waals surface area contributed by atoms with E-state index in [0.29, 0.717) is 29.1 Å². The Bertz CT molecular complexity index is 872. The molecule has 0 spiro atoms. The molecule has 1 aromatic heterocycles. The Morgan fingerprint density at radius 2 is 1.76 bits per heavy atom. The minimum absolute atomic E-state index is 0.0345. The summed E-state index contributed by atoms with van der Waals surface area (Å²) in [7, 11) is 0. The second-order valence-electron chi connectivity index (χ2n) is 5.91. The Balaban J connectivity index is 1.52. The molecule has 1 fully saturated rings. The molecule has 1 N–H and O–H groups in total. The van der Waals surface area contributed by atoms with Gasteiger partial charge in [-0.05, 0) is 37.1 Å². The van der Waals surface area contributed by atoms with Crippen molar-refractivity contribution < 1.29 is 13.9 Å². The third-order valence-corrected chi connectivity index (χ3v) is 3.86. The van der Waals surface area contributed by atoms with Crippen LogP contribution in [0.25, 0.3) is 22.9 Å². The molecule has 4 rings (SSSR count). The molecule has 0 aliphatic heterocycles. The van der Waals surface area contributed by atoms with Gasteiger partial charge in [-0.1, -0.05) is 30.3 Å². The summed E-state index contributed by atoms with van der Waals surface area (Å²) < 4.78 is 11.4. The molecule has 1 heterocycles. The molecule has 126 valence electrons. The van der Waals surface area contributed by atoms with Crippen LogP contribution >= 0.6 is 0 Å². The maximum atomic E-state index is 11.8. The molecule has 0 unspecified atom stereocenters. The number of benzene rings is 2. The number of para-hydroxylation sites is 1. The molecule has 1 aliphatic carbocycles. The van der Waals surface area contributed by atoms with Crippen molar-refractivity contribution >= 4 is 5.91 Å². The van der Waals surface area contributed by atoms with E-state index >= 15 is 0 Å². The molecule has 0 saturated heterocycles. The van der Waals surface area contributed by atoms with Gasteiger partial charge < -0.3 is 14.5 Å². The van der Waals surface area contributed by atoms with Crippen LogP contribution in [0.5, 0.6) is 5.75 Å². The molecule has 1 amide bonds. The normalized spacial score (nSPS) is 13.4. The van der Waals surface area contributed by atoms with Gasteiger partial charge in [0, 0.05) is 11.6 Å². The number of nitrogens with zero attached hydrogens (tertiary/aromatic N) is 2. The summed E-state index contributed by atoms with van der Waals surface area (Å²) >= 11 is 0. The number of aromatic nitrogens is 2. The van der Waals surface area contributed by atoms with Crippen LogP contribution in [0.15, 0.2) is 59.0 Å². The summed E-state index contributed by atoms with van der Waals surface area (Å²) in [5, 5.41) is 11.1. The van der Waals surface area contributed by atoms with Crippen LogP contribution in [-0.2, 0) is 4.79 Å². The van der Waals surface area contributed by atoms with Crippen molar-refractivity contribution in [3.8, 4) is 28.7 Å². The van der Waals surface area contributed by atoms with E-state index in [-0.39, 0.29) is 12.5 Å². The van der Waals surface area contributed by atoms with Gasteiger partial charge in [-0.15, -0.1) is 10.2 Å². The second-order valence-corrected chi connectivity index (χ2v) is 5.91. The molecule has 0 bridgehead atoms. The van der Waals surface area contributed by atoms with Crippen molar-refractivity contribution in [3.63, 3.8) is 0 Å². The summed E-state index contributed by atoms with van der Waals surface area (Å²) in [5.74, 6) is 1.22. The zero-order valence-electron chi connectivity index (χ0n) is 13.5. The first-order valence-electron chi connectivity index (χ1n) is 8.20. The van der Waals surface area contributed by atoms with Crippen molar-refractivity contribution in [2.45, 2.75) is 18.9 Å². The summed E-state index contributed by atoms with van der Waals surface area (Å²) in [6, 6.07) is 17.2. The van der Waals surface area contributed by atoms with Gasteiger partial charge in [0.25, 0.3) is 11.8 Å². The minimum Gasteiger partial charge on any atom is -0.483 e. The fourth-order valence-corrected chi connectivity index (χ4v) is 2.44. The molecule has 1 aliphatic rings. The average molecular weight is 335 g/mol. The lowest BCUT2D eigenvalue weighted by Gasteiger charge is -2.09. The summed E-state index contributed by atoms with van der Waals surface area (Å²) in [5.41, 5.74) is 1.51. The van der Waals surface area contributed by atoms with E-state index in [0.717, 1.165) is 18.4 Å². The topological polar surface area (TPSA) is 77.2 Å². The fraction of sp³-hybridized carbons (Fsp3) is 0.211. The van der Waals surface area contributed by atoms with E-state index in [1.165, 1.54) is 0 Å². The number of ether oxygens (including phenoxy) is 1. The van der Waals surface area contributed by atoms with Crippen LogP contribution in [0.4, 0.5) is 0 Å². The molecule has 6 heteroatoms. The molecular weight excluding hydrogens is 318 g/mol. The SMILES string of the molecule is O=C(COc1ccccc1-c1nnc(-c2ccccc2)o1)NC1CC1. The van der Waals surface area contributed by atoms with Gasteiger partial charge in [0.1, 0.15) is 5.75 Å². The molecule has 3 aromatic rings. The lowest BCUT2D eigenvalue weighted by molar-refractivity contribution is -0.123. The minimum atomic E-state index is -0.118. The van der Waals surface area contributed by atoms with Crippen molar-refractivity contribution in [2.24, 2.45) is 0 Å². The van der Waals surface area contributed by atoms with Gasteiger partial charge in [0.2, 0.25) is 5.89 Å². The standard InChI is InChI=1S/C19H17N3O3/c23-17(20-14-10-11-14)12-24-16-9-5-4-8-15(16)19-22-21-18(25-19)13-6-2-1-3-7-13/h1-9,14H,10-12H2,(H,20,23). The summed E-state index contributed by atoms with van der Waals surface area (Å²) in [4.78, 5) is 11.8. The number of carbonyl (C=O) groups is 1. The maximum Gasteiger partial charge on any atom is 0.258 e. The first-order chi connectivity index (χ1) is 12.3. The third-order valence-electron chi connectivity index (χ3n) is 3.86. The van der Waals surface area contributed by atoms with E-state index in [4.69, 9.17) is 9.15 Å². The average Bonchev–Trinajstić information content (AvgIpc) is 3.33. The lowest BCUT2D eigenvalue weighted by atomic mass is 10.2.